The first-order valence-corrected chi connectivity index (χ1v) is 5.61. The molecule has 0 aliphatic carbocycles. The van der Waals surface area contributed by atoms with Crippen LogP contribution in [0, 0.1) is 0 Å². The van der Waals surface area contributed by atoms with E-state index in [1.165, 1.54) is 0 Å². The molecule has 0 fully saturated rings. The highest BCUT2D eigenvalue weighted by Crippen LogP contribution is 2.19. The smallest absolute Gasteiger partial charge is 0.111 e. The maximum atomic E-state index is 5.83. The number of benzene rings is 1. The molecule has 0 saturated heterocycles. The van der Waals surface area contributed by atoms with Gasteiger partial charge in [-0.25, -0.2) is 4.98 Å². The topological polar surface area (TPSA) is 43.8 Å². The van der Waals surface area contributed by atoms with Crippen LogP contribution in [0.4, 0.5) is 5.69 Å². The number of alkyl halides is 1. The minimum atomic E-state index is 0.717. The van der Waals surface area contributed by atoms with Crippen molar-refractivity contribution in [3.63, 3.8) is 0 Å². The summed E-state index contributed by atoms with van der Waals surface area (Å²) >= 11 is 5.64. The summed E-state index contributed by atoms with van der Waals surface area (Å²) in [4.78, 5) is 4.30. The van der Waals surface area contributed by atoms with Crippen LogP contribution in [-0.2, 0) is 6.54 Å². The summed E-state index contributed by atoms with van der Waals surface area (Å²) in [6.07, 6.45) is 3.95. The summed E-state index contributed by atoms with van der Waals surface area (Å²) in [5, 5.41) is 0. The number of aromatic nitrogens is 2. The molecule has 80 valence electrons. The number of fused-ring (bicyclic) bond motifs is 1. The fraction of sp³-hybridized carbons (Fsp3) is 0.364. The zero-order valence-electron chi connectivity index (χ0n) is 8.49. The summed E-state index contributed by atoms with van der Waals surface area (Å²) in [6.45, 7) is 0.951. The number of nitrogens with zero attached hydrogens (tertiary/aromatic N) is 2. The monoisotopic (exact) mass is 223 g/mol. The minimum absolute atomic E-state index is 0.717. The molecular formula is C11H14ClN3. The maximum absolute atomic E-state index is 5.83. The van der Waals surface area contributed by atoms with E-state index in [4.69, 9.17) is 17.3 Å². The van der Waals surface area contributed by atoms with Gasteiger partial charge in [0.1, 0.15) is 5.52 Å². The molecule has 15 heavy (non-hydrogen) atoms. The first kappa shape index (κ1) is 10.3. The maximum Gasteiger partial charge on any atom is 0.111 e. The summed E-state index contributed by atoms with van der Waals surface area (Å²) < 4.78 is 2.12. The first-order chi connectivity index (χ1) is 7.33. The number of hydrogen-bond donors (Lipinski definition) is 1. The van der Waals surface area contributed by atoms with Gasteiger partial charge < -0.3 is 10.3 Å². The fourth-order valence-electron chi connectivity index (χ4n) is 1.67. The molecule has 0 bridgehead atoms. The number of nitrogens with two attached hydrogens (primary N) is 1. The van der Waals surface area contributed by atoms with Crippen LogP contribution < -0.4 is 5.73 Å². The lowest BCUT2D eigenvalue weighted by Gasteiger charge is -2.03. The fourth-order valence-corrected chi connectivity index (χ4v) is 1.85. The van der Waals surface area contributed by atoms with Crippen molar-refractivity contribution in [3.05, 3.63) is 24.5 Å². The molecule has 2 rings (SSSR count). The molecule has 0 spiro atoms. The van der Waals surface area contributed by atoms with Crippen molar-refractivity contribution < 1.29 is 0 Å². The Morgan fingerprint density at radius 1 is 1.33 bits per heavy atom. The summed E-state index contributed by atoms with van der Waals surface area (Å²) in [6, 6.07) is 5.87. The van der Waals surface area contributed by atoms with Crippen LogP contribution in [-0.4, -0.2) is 15.4 Å². The van der Waals surface area contributed by atoms with Crippen LogP contribution in [0.15, 0.2) is 24.5 Å². The molecule has 2 aromatic rings. The lowest BCUT2D eigenvalue weighted by molar-refractivity contribution is 0.648. The van der Waals surface area contributed by atoms with Gasteiger partial charge >= 0.3 is 0 Å². The van der Waals surface area contributed by atoms with Gasteiger partial charge in [-0.15, -0.1) is 11.6 Å². The highest BCUT2D eigenvalue weighted by atomic mass is 35.5. The summed E-state index contributed by atoms with van der Waals surface area (Å²) in [5.41, 5.74) is 8.56. The van der Waals surface area contributed by atoms with Gasteiger partial charge in [-0.1, -0.05) is 6.07 Å². The molecular weight excluding hydrogens is 210 g/mol. The number of unbranched alkanes of at least 4 members (excludes halogenated alkanes) is 1. The van der Waals surface area contributed by atoms with Gasteiger partial charge in [0.15, 0.2) is 0 Å². The Morgan fingerprint density at radius 3 is 3.00 bits per heavy atom. The van der Waals surface area contributed by atoms with E-state index in [-0.39, 0.29) is 0 Å². The van der Waals surface area contributed by atoms with Gasteiger partial charge in [0.2, 0.25) is 0 Å². The Kier molecular flexibility index (Phi) is 3.11. The van der Waals surface area contributed by atoms with E-state index in [0.29, 0.717) is 0 Å². The van der Waals surface area contributed by atoms with Crippen molar-refractivity contribution in [1.82, 2.24) is 9.55 Å². The number of halogens is 1. The third-order valence-electron chi connectivity index (χ3n) is 2.46. The standard InChI is InChI=1S/C11H14ClN3/c12-6-1-2-7-15-8-14-11-9(13)4-3-5-10(11)15/h3-5,8H,1-2,6-7,13H2. The zero-order chi connectivity index (χ0) is 10.7. The van der Waals surface area contributed by atoms with Gasteiger partial charge in [-0.2, -0.15) is 0 Å². The van der Waals surface area contributed by atoms with Gasteiger partial charge in [0.25, 0.3) is 0 Å². The molecule has 0 saturated carbocycles. The normalized spacial score (nSPS) is 11.0. The molecule has 0 atom stereocenters. The van der Waals surface area contributed by atoms with Crippen molar-refractivity contribution >= 4 is 28.3 Å². The largest absolute Gasteiger partial charge is 0.397 e. The Labute approximate surface area is 93.9 Å². The lowest BCUT2D eigenvalue weighted by atomic mass is 10.2. The Balaban J connectivity index is 2.25. The second-order valence-electron chi connectivity index (χ2n) is 3.55. The molecule has 1 aromatic carbocycles. The Morgan fingerprint density at radius 2 is 2.20 bits per heavy atom. The predicted molar refractivity (Wildman–Crippen MR) is 64.1 cm³/mol. The van der Waals surface area contributed by atoms with Crippen molar-refractivity contribution in [3.8, 4) is 0 Å². The molecule has 0 aliphatic heterocycles. The molecule has 0 amide bonds. The molecule has 0 unspecified atom stereocenters. The van der Waals surface area contributed by atoms with E-state index in [2.05, 4.69) is 9.55 Å². The van der Waals surface area contributed by atoms with Crippen LogP contribution in [0.5, 0.6) is 0 Å². The van der Waals surface area contributed by atoms with Crippen LogP contribution >= 0.6 is 11.6 Å². The molecule has 1 aromatic heterocycles. The second-order valence-corrected chi connectivity index (χ2v) is 3.93. The first-order valence-electron chi connectivity index (χ1n) is 5.08. The third kappa shape index (κ3) is 2.07. The molecule has 0 aliphatic rings. The van der Waals surface area contributed by atoms with Gasteiger partial charge in [-0.05, 0) is 25.0 Å². The van der Waals surface area contributed by atoms with Gasteiger partial charge in [0.05, 0.1) is 17.5 Å². The number of nitrogen functional groups attached to an aromatic ring is 1. The number of rotatable bonds is 4. The highest BCUT2D eigenvalue weighted by Gasteiger charge is 2.03. The van der Waals surface area contributed by atoms with E-state index < -0.39 is 0 Å². The van der Waals surface area contributed by atoms with Crippen molar-refractivity contribution in [1.29, 1.82) is 0 Å². The number of anilines is 1. The summed E-state index contributed by atoms with van der Waals surface area (Å²) in [7, 11) is 0. The van der Waals surface area contributed by atoms with E-state index >= 15 is 0 Å². The lowest BCUT2D eigenvalue weighted by Crippen LogP contribution is -1.96. The predicted octanol–water partition coefficient (Wildman–Crippen LogP) is 2.64. The van der Waals surface area contributed by atoms with Crippen molar-refractivity contribution in [2.75, 3.05) is 11.6 Å². The average molecular weight is 224 g/mol. The minimum Gasteiger partial charge on any atom is -0.397 e. The van der Waals surface area contributed by atoms with Crippen LogP contribution in [0.2, 0.25) is 0 Å². The Bertz CT molecular complexity index is 450. The quantitative estimate of drug-likeness (QED) is 0.492. The van der Waals surface area contributed by atoms with E-state index in [0.717, 1.165) is 42.0 Å². The van der Waals surface area contributed by atoms with E-state index in [1.54, 1.807) is 0 Å². The van der Waals surface area contributed by atoms with Crippen molar-refractivity contribution in [2.24, 2.45) is 0 Å². The number of para-hydroxylation sites is 1. The molecule has 4 heteroatoms. The van der Waals surface area contributed by atoms with Gasteiger partial charge in [-0.3, -0.25) is 0 Å². The molecule has 2 N–H and O–H groups in total. The summed E-state index contributed by atoms with van der Waals surface area (Å²) in [5.74, 6) is 0.717. The van der Waals surface area contributed by atoms with Crippen LogP contribution in [0.1, 0.15) is 12.8 Å². The zero-order valence-corrected chi connectivity index (χ0v) is 9.24. The van der Waals surface area contributed by atoms with Crippen LogP contribution in [0.3, 0.4) is 0 Å². The third-order valence-corrected chi connectivity index (χ3v) is 2.73. The van der Waals surface area contributed by atoms with Gasteiger partial charge in [0, 0.05) is 12.4 Å². The Hall–Kier alpha value is -1.22. The van der Waals surface area contributed by atoms with E-state index in [9.17, 15) is 0 Å². The number of imidazole rings is 1. The molecule has 3 nitrogen and oxygen atoms in total. The average Bonchev–Trinajstić information content (AvgIpc) is 2.64. The number of aryl methyl sites for hydroxylation is 1. The number of hydrogen-bond acceptors (Lipinski definition) is 2. The van der Waals surface area contributed by atoms with Crippen molar-refractivity contribution in [2.45, 2.75) is 19.4 Å². The molecule has 1 heterocycles. The van der Waals surface area contributed by atoms with Crippen LogP contribution in [0.25, 0.3) is 11.0 Å². The second kappa shape index (κ2) is 4.53. The van der Waals surface area contributed by atoms with E-state index in [1.807, 2.05) is 24.5 Å². The molecule has 0 radical (unpaired) electrons. The highest BCUT2D eigenvalue weighted by molar-refractivity contribution is 6.17. The SMILES string of the molecule is Nc1cccc2c1ncn2CCCCCl.